The summed E-state index contributed by atoms with van der Waals surface area (Å²) in [6.45, 7) is 4.08. The molecule has 1 amide bonds. The van der Waals surface area contributed by atoms with Crippen molar-refractivity contribution in [1.29, 1.82) is 0 Å². The summed E-state index contributed by atoms with van der Waals surface area (Å²) in [4.78, 5) is 24.3. The van der Waals surface area contributed by atoms with Crippen molar-refractivity contribution >= 4 is 11.9 Å². The van der Waals surface area contributed by atoms with E-state index in [1.807, 2.05) is 6.92 Å². The molecule has 1 saturated heterocycles. The molecule has 1 aliphatic rings. The Hall–Kier alpha value is -1.89. The van der Waals surface area contributed by atoms with Gasteiger partial charge in [0, 0.05) is 12.7 Å². The molecule has 0 saturated carbocycles. The fourth-order valence-corrected chi connectivity index (χ4v) is 2.11. The maximum absolute atomic E-state index is 12.2. The van der Waals surface area contributed by atoms with Crippen LogP contribution in [0.5, 0.6) is 0 Å². The molecule has 0 radical (unpaired) electrons. The molecule has 0 aliphatic carbocycles. The number of aliphatic carboxylic acids is 1. The van der Waals surface area contributed by atoms with E-state index < -0.39 is 11.6 Å². The van der Waals surface area contributed by atoms with E-state index in [1.165, 1.54) is 0 Å². The highest BCUT2D eigenvalue weighted by atomic mass is 16.5. The number of aromatic nitrogens is 2. The quantitative estimate of drug-likeness (QED) is 0.833. The van der Waals surface area contributed by atoms with Crippen LogP contribution in [0, 0.1) is 6.92 Å². The van der Waals surface area contributed by atoms with Crippen LogP contribution in [-0.4, -0.2) is 57.0 Å². The van der Waals surface area contributed by atoms with Crippen molar-refractivity contribution in [2.45, 2.75) is 19.4 Å². The first-order valence-corrected chi connectivity index (χ1v) is 5.96. The van der Waals surface area contributed by atoms with Crippen molar-refractivity contribution in [2.24, 2.45) is 7.05 Å². The molecule has 1 aliphatic heterocycles. The summed E-state index contributed by atoms with van der Waals surface area (Å²) in [6, 6.07) is 0. The molecule has 104 valence electrons. The van der Waals surface area contributed by atoms with E-state index in [1.54, 1.807) is 29.7 Å². The Kier molecular flexibility index (Phi) is 3.32. The number of hydrogen-bond donors (Lipinski definition) is 1. The summed E-state index contributed by atoms with van der Waals surface area (Å²) in [7, 11) is 1.78. The van der Waals surface area contributed by atoms with Crippen molar-refractivity contribution in [1.82, 2.24) is 14.7 Å². The summed E-state index contributed by atoms with van der Waals surface area (Å²) in [6.07, 6.45) is 1.55. The van der Waals surface area contributed by atoms with Crippen molar-refractivity contribution in [2.75, 3.05) is 19.7 Å². The van der Waals surface area contributed by atoms with Gasteiger partial charge in [0.15, 0.2) is 0 Å². The highest BCUT2D eigenvalue weighted by Crippen LogP contribution is 2.26. The number of carboxylic acids is 1. The Morgan fingerprint density at radius 2 is 2.16 bits per heavy atom. The van der Waals surface area contributed by atoms with Crippen molar-refractivity contribution < 1.29 is 19.4 Å². The highest BCUT2D eigenvalue weighted by molar-refractivity contribution is 5.95. The smallest absolute Gasteiger partial charge is 0.329 e. The van der Waals surface area contributed by atoms with Crippen LogP contribution >= 0.6 is 0 Å². The van der Waals surface area contributed by atoms with E-state index in [4.69, 9.17) is 9.84 Å². The number of carboxylic acid groups (broad SMARTS) is 1. The molecule has 0 spiro atoms. The van der Waals surface area contributed by atoms with E-state index in [0.29, 0.717) is 18.7 Å². The van der Waals surface area contributed by atoms with Crippen LogP contribution in [0.1, 0.15) is 23.0 Å². The second-order valence-corrected chi connectivity index (χ2v) is 5.06. The molecular formula is C12H17N3O4. The molecule has 1 N–H and O–H groups in total. The lowest BCUT2D eigenvalue weighted by Crippen LogP contribution is -2.63. The van der Waals surface area contributed by atoms with Gasteiger partial charge in [0.1, 0.15) is 12.2 Å². The molecule has 0 unspecified atom stereocenters. The van der Waals surface area contributed by atoms with Crippen molar-refractivity contribution in [3.63, 3.8) is 0 Å². The van der Waals surface area contributed by atoms with Crippen LogP contribution in [0.25, 0.3) is 0 Å². The van der Waals surface area contributed by atoms with Gasteiger partial charge in [0.05, 0.1) is 24.8 Å². The number of likely N-dealkylation sites (tertiary alicyclic amines) is 1. The predicted octanol–water partition coefficient (Wildman–Crippen LogP) is 0.0442. The number of aryl methyl sites for hydroxylation is 1. The first-order chi connectivity index (χ1) is 8.82. The van der Waals surface area contributed by atoms with Crippen LogP contribution in [0.3, 0.4) is 0 Å². The molecular weight excluding hydrogens is 250 g/mol. The third-order valence-corrected chi connectivity index (χ3v) is 3.35. The van der Waals surface area contributed by atoms with Gasteiger partial charge >= 0.3 is 5.97 Å². The third-order valence-electron chi connectivity index (χ3n) is 3.35. The zero-order valence-corrected chi connectivity index (χ0v) is 11.2. The van der Waals surface area contributed by atoms with E-state index in [-0.39, 0.29) is 12.5 Å². The van der Waals surface area contributed by atoms with Gasteiger partial charge in [-0.25, -0.2) is 4.79 Å². The molecule has 19 heavy (non-hydrogen) atoms. The van der Waals surface area contributed by atoms with Crippen LogP contribution in [0.4, 0.5) is 0 Å². The Labute approximate surface area is 110 Å². The Balaban J connectivity index is 1.95. The van der Waals surface area contributed by atoms with Gasteiger partial charge in [0.2, 0.25) is 0 Å². The molecule has 0 bridgehead atoms. The average Bonchev–Trinajstić information content (AvgIpc) is 2.63. The lowest BCUT2D eigenvalue weighted by molar-refractivity contribution is -0.159. The van der Waals surface area contributed by atoms with Crippen LogP contribution < -0.4 is 0 Å². The van der Waals surface area contributed by atoms with Gasteiger partial charge in [-0.15, -0.1) is 0 Å². The molecule has 2 heterocycles. The van der Waals surface area contributed by atoms with E-state index in [2.05, 4.69) is 5.10 Å². The topological polar surface area (TPSA) is 84.7 Å². The Morgan fingerprint density at radius 3 is 2.63 bits per heavy atom. The summed E-state index contributed by atoms with van der Waals surface area (Å²) in [5.74, 6) is -1.10. The van der Waals surface area contributed by atoms with Crippen LogP contribution in [0.2, 0.25) is 0 Å². The largest absolute Gasteiger partial charge is 0.480 e. The minimum Gasteiger partial charge on any atom is -0.480 e. The van der Waals surface area contributed by atoms with Crippen LogP contribution in [0.15, 0.2) is 6.20 Å². The molecule has 7 heteroatoms. The zero-order valence-electron chi connectivity index (χ0n) is 11.2. The standard InChI is InChI=1S/C12H17N3O4/c1-8-9(4-13-14(8)3)11(18)15-6-12(2,7-15)19-5-10(16)17/h4H,5-7H2,1-3H3,(H,16,17). The average molecular weight is 267 g/mol. The summed E-state index contributed by atoms with van der Waals surface area (Å²) < 4.78 is 6.91. The fraction of sp³-hybridized carbons (Fsp3) is 0.583. The number of carbonyl (C=O) groups is 2. The second-order valence-electron chi connectivity index (χ2n) is 5.06. The summed E-state index contributed by atoms with van der Waals surface area (Å²) >= 11 is 0. The minimum atomic E-state index is -1.01. The molecule has 7 nitrogen and oxygen atoms in total. The summed E-state index contributed by atoms with van der Waals surface area (Å²) in [5.41, 5.74) is 0.817. The molecule has 2 rings (SSSR count). The SMILES string of the molecule is Cc1c(C(=O)N2CC(C)(OCC(=O)O)C2)cnn1C. The maximum atomic E-state index is 12.2. The number of amides is 1. The number of rotatable bonds is 4. The predicted molar refractivity (Wildman–Crippen MR) is 65.8 cm³/mol. The Morgan fingerprint density at radius 1 is 1.53 bits per heavy atom. The number of hydrogen-bond acceptors (Lipinski definition) is 4. The van der Waals surface area contributed by atoms with Gasteiger partial charge in [-0.2, -0.15) is 5.10 Å². The maximum Gasteiger partial charge on any atom is 0.329 e. The number of ether oxygens (including phenoxy) is 1. The number of nitrogens with zero attached hydrogens (tertiary/aromatic N) is 3. The zero-order chi connectivity index (χ0) is 14.2. The fourth-order valence-electron chi connectivity index (χ4n) is 2.11. The van der Waals surface area contributed by atoms with Gasteiger partial charge in [-0.3, -0.25) is 9.48 Å². The van der Waals surface area contributed by atoms with E-state index in [0.717, 1.165) is 5.69 Å². The molecule has 1 aromatic rings. The normalized spacial score (nSPS) is 17.1. The monoisotopic (exact) mass is 267 g/mol. The van der Waals surface area contributed by atoms with E-state index >= 15 is 0 Å². The van der Waals surface area contributed by atoms with Gasteiger partial charge < -0.3 is 14.7 Å². The van der Waals surface area contributed by atoms with E-state index in [9.17, 15) is 9.59 Å². The van der Waals surface area contributed by atoms with Crippen molar-refractivity contribution in [3.05, 3.63) is 17.5 Å². The molecule has 1 fully saturated rings. The Bertz CT molecular complexity index is 517. The van der Waals surface area contributed by atoms with Gasteiger partial charge in [0.25, 0.3) is 5.91 Å². The second kappa shape index (κ2) is 4.65. The summed E-state index contributed by atoms with van der Waals surface area (Å²) in [5, 5.41) is 12.6. The lowest BCUT2D eigenvalue weighted by atomic mass is 9.95. The molecule has 1 aromatic heterocycles. The van der Waals surface area contributed by atoms with Crippen LogP contribution in [-0.2, 0) is 16.6 Å². The third kappa shape index (κ3) is 2.60. The molecule has 0 aromatic carbocycles. The minimum absolute atomic E-state index is 0.0954. The lowest BCUT2D eigenvalue weighted by Gasteiger charge is -2.47. The first-order valence-electron chi connectivity index (χ1n) is 5.96. The van der Waals surface area contributed by atoms with Gasteiger partial charge in [-0.05, 0) is 13.8 Å². The van der Waals surface area contributed by atoms with Crippen molar-refractivity contribution in [3.8, 4) is 0 Å². The molecule has 0 atom stereocenters. The first kappa shape index (κ1) is 13.5. The number of carbonyl (C=O) groups excluding carboxylic acids is 1. The highest BCUT2D eigenvalue weighted by Gasteiger charge is 2.43. The van der Waals surface area contributed by atoms with Gasteiger partial charge in [-0.1, -0.05) is 0 Å².